The van der Waals surface area contributed by atoms with Gasteiger partial charge in [0.05, 0.1) is 7.11 Å². The van der Waals surface area contributed by atoms with Crippen LogP contribution in [-0.2, 0) is 11.3 Å². The van der Waals surface area contributed by atoms with Crippen molar-refractivity contribution in [2.45, 2.75) is 25.4 Å². The second-order valence-corrected chi connectivity index (χ2v) is 5.07. The molecule has 4 heteroatoms. The second-order valence-electron chi connectivity index (χ2n) is 5.07. The Hall–Kier alpha value is -1.55. The maximum Gasteiger partial charge on any atom is 0.409 e. The third-order valence-electron chi connectivity index (χ3n) is 3.82. The van der Waals surface area contributed by atoms with Gasteiger partial charge in [-0.3, -0.25) is 4.90 Å². The zero-order valence-corrected chi connectivity index (χ0v) is 11.7. The van der Waals surface area contributed by atoms with E-state index in [0.717, 1.165) is 32.5 Å². The molecule has 1 aliphatic heterocycles. The monoisotopic (exact) mass is 262 g/mol. The van der Waals surface area contributed by atoms with E-state index in [1.165, 1.54) is 12.7 Å². The highest BCUT2D eigenvalue weighted by molar-refractivity contribution is 5.67. The molecular weight excluding hydrogens is 240 g/mol. The fourth-order valence-electron chi connectivity index (χ4n) is 2.60. The van der Waals surface area contributed by atoms with Crippen LogP contribution in [0.4, 0.5) is 4.79 Å². The normalized spacial score (nSPS) is 17.2. The smallest absolute Gasteiger partial charge is 0.409 e. The van der Waals surface area contributed by atoms with Crippen molar-refractivity contribution in [3.63, 3.8) is 0 Å². The molecule has 0 spiro atoms. The summed E-state index contributed by atoms with van der Waals surface area (Å²) in [5, 5.41) is 0. The van der Waals surface area contributed by atoms with Crippen molar-refractivity contribution in [2.75, 3.05) is 27.2 Å². The molecule has 1 heterocycles. The summed E-state index contributed by atoms with van der Waals surface area (Å²) >= 11 is 0. The highest BCUT2D eigenvalue weighted by atomic mass is 16.5. The van der Waals surface area contributed by atoms with Gasteiger partial charge in [-0.15, -0.1) is 0 Å². The Labute approximate surface area is 115 Å². The van der Waals surface area contributed by atoms with Crippen LogP contribution in [0.25, 0.3) is 0 Å². The van der Waals surface area contributed by atoms with E-state index in [-0.39, 0.29) is 6.09 Å². The van der Waals surface area contributed by atoms with Gasteiger partial charge in [0.25, 0.3) is 0 Å². The van der Waals surface area contributed by atoms with E-state index in [4.69, 9.17) is 4.74 Å². The molecule has 1 aliphatic rings. The van der Waals surface area contributed by atoms with Gasteiger partial charge >= 0.3 is 6.09 Å². The third-order valence-corrected chi connectivity index (χ3v) is 3.82. The van der Waals surface area contributed by atoms with E-state index in [9.17, 15) is 4.79 Å². The molecule has 0 atom stereocenters. The summed E-state index contributed by atoms with van der Waals surface area (Å²) in [7, 11) is 3.26. The van der Waals surface area contributed by atoms with E-state index in [1.54, 1.807) is 4.90 Å². The molecule has 1 aromatic carbocycles. The second kappa shape index (κ2) is 6.57. The predicted octanol–water partition coefficient (Wildman–Crippen LogP) is 2.35. The molecular formula is C15H22N2O2. The first-order chi connectivity index (χ1) is 9.20. The molecule has 2 rings (SSSR count). The van der Waals surface area contributed by atoms with Gasteiger partial charge in [-0.05, 0) is 18.4 Å². The van der Waals surface area contributed by atoms with Gasteiger partial charge in [0.15, 0.2) is 0 Å². The van der Waals surface area contributed by atoms with Crippen molar-refractivity contribution < 1.29 is 9.53 Å². The Morgan fingerprint density at radius 1 is 1.32 bits per heavy atom. The number of likely N-dealkylation sites (tertiary alicyclic amines) is 1. The number of benzene rings is 1. The minimum absolute atomic E-state index is 0.235. The molecule has 1 fully saturated rings. The molecule has 4 nitrogen and oxygen atoms in total. The number of piperidine rings is 1. The highest BCUT2D eigenvalue weighted by Gasteiger charge is 2.25. The van der Waals surface area contributed by atoms with Crippen LogP contribution < -0.4 is 0 Å². The largest absolute Gasteiger partial charge is 0.453 e. The first kappa shape index (κ1) is 13.9. The van der Waals surface area contributed by atoms with Crippen LogP contribution in [0.5, 0.6) is 0 Å². The number of hydrogen-bond donors (Lipinski definition) is 0. The number of amides is 1. The lowest BCUT2D eigenvalue weighted by molar-refractivity contribution is 0.0896. The maximum atomic E-state index is 11.5. The van der Waals surface area contributed by atoms with E-state index < -0.39 is 0 Å². The first-order valence-corrected chi connectivity index (χ1v) is 6.77. The summed E-state index contributed by atoms with van der Waals surface area (Å²) in [5.41, 5.74) is 1.35. The van der Waals surface area contributed by atoms with Crippen LogP contribution in [0.1, 0.15) is 18.4 Å². The summed E-state index contributed by atoms with van der Waals surface area (Å²) < 4.78 is 4.76. The number of ether oxygens (including phenoxy) is 1. The number of carbonyl (C=O) groups excluding carboxylic acids is 1. The summed E-state index contributed by atoms with van der Waals surface area (Å²) in [6.07, 6.45) is 1.79. The minimum Gasteiger partial charge on any atom is -0.453 e. The van der Waals surface area contributed by atoms with Gasteiger partial charge in [0.2, 0.25) is 0 Å². The molecule has 1 aromatic rings. The van der Waals surface area contributed by atoms with E-state index in [2.05, 4.69) is 29.2 Å². The zero-order valence-electron chi connectivity index (χ0n) is 11.7. The topological polar surface area (TPSA) is 32.8 Å². The van der Waals surface area contributed by atoms with Crippen molar-refractivity contribution in [3.05, 3.63) is 35.9 Å². The molecule has 0 aliphatic carbocycles. The minimum atomic E-state index is -0.235. The zero-order chi connectivity index (χ0) is 13.7. The number of hydrogen-bond acceptors (Lipinski definition) is 3. The SMILES string of the molecule is COC(=O)N(C)C1CCN(Cc2ccccc2)CC1. The fourth-order valence-corrected chi connectivity index (χ4v) is 2.60. The predicted molar refractivity (Wildman–Crippen MR) is 74.9 cm³/mol. The van der Waals surface area contributed by atoms with E-state index in [0.29, 0.717) is 6.04 Å². The van der Waals surface area contributed by atoms with Crippen molar-refractivity contribution in [2.24, 2.45) is 0 Å². The van der Waals surface area contributed by atoms with Crippen LogP contribution in [0.2, 0.25) is 0 Å². The van der Waals surface area contributed by atoms with Crippen molar-refractivity contribution in [1.29, 1.82) is 0 Å². The van der Waals surface area contributed by atoms with Crippen molar-refractivity contribution in [1.82, 2.24) is 9.80 Å². The van der Waals surface area contributed by atoms with Gasteiger partial charge in [-0.2, -0.15) is 0 Å². The Kier molecular flexibility index (Phi) is 4.80. The van der Waals surface area contributed by atoms with Crippen LogP contribution in [0.3, 0.4) is 0 Å². The van der Waals surface area contributed by atoms with Gasteiger partial charge in [0.1, 0.15) is 0 Å². The molecule has 0 unspecified atom stereocenters. The summed E-state index contributed by atoms with van der Waals surface area (Å²) in [6, 6.07) is 10.8. The third kappa shape index (κ3) is 3.70. The summed E-state index contributed by atoms with van der Waals surface area (Å²) in [4.78, 5) is 15.6. The average molecular weight is 262 g/mol. The van der Waals surface area contributed by atoms with Crippen molar-refractivity contribution >= 4 is 6.09 Å². The van der Waals surface area contributed by atoms with Crippen LogP contribution in [0.15, 0.2) is 30.3 Å². The average Bonchev–Trinajstić information content (AvgIpc) is 2.47. The molecule has 1 amide bonds. The molecule has 104 valence electrons. The molecule has 0 aromatic heterocycles. The number of rotatable bonds is 3. The number of nitrogens with zero attached hydrogens (tertiary/aromatic N) is 2. The first-order valence-electron chi connectivity index (χ1n) is 6.77. The molecule has 1 saturated heterocycles. The standard InChI is InChI=1S/C15H22N2O2/c1-16(15(18)19-2)14-8-10-17(11-9-14)12-13-6-4-3-5-7-13/h3-7,14H,8-12H2,1-2H3. The molecule has 0 radical (unpaired) electrons. The van der Waals surface area contributed by atoms with Gasteiger partial charge in [-0.25, -0.2) is 4.79 Å². The van der Waals surface area contributed by atoms with Crippen molar-refractivity contribution in [3.8, 4) is 0 Å². The Morgan fingerprint density at radius 2 is 1.95 bits per heavy atom. The highest BCUT2D eigenvalue weighted by Crippen LogP contribution is 2.17. The fraction of sp³-hybridized carbons (Fsp3) is 0.533. The van der Waals surface area contributed by atoms with Gasteiger partial charge in [-0.1, -0.05) is 30.3 Å². The quantitative estimate of drug-likeness (QED) is 0.838. The molecule has 19 heavy (non-hydrogen) atoms. The Bertz CT molecular complexity index is 400. The maximum absolute atomic E-state index is 11.5. The summed E-state index contributed by atoms with van der Waals surface area (Å²) in [5.74, 6) is 0. The van der Waals surface area contributed by atoms with Gasteiger partial charge < -0.3 is 9.64 Å². The van der Waals surface area contributed by atoms with E-state index in [1.807, 2.05) is 13.1 Å². The van der Waals surface area contributed by atoms with Crippen LogP contribution in [0, 0.1) is 0 Å². The lowest BCUT2D eigenvalue weighted by atomic mass is 10.0. The van der Waals surface area contributed by atoms with E-state index >= 15 is 0 Å². The lowest BCUT2D eigenvalue weighted by Crippen LogP contribution is -2.45. The van der Waals surface area contributed by atoms with Crippen LogP contribution in [-0.4, -0.2) is 49.2 Å². The molecule has 0 saturated carbocycles. The summed E-state index contributed by atoms with van der Waals surface area (Å²) in [6.45, 7) is 3.05. The Balaban J connectivity index is 1.81. The number of carbonyl (C=O) groups is 1. The lowest BCUT2D eigenvalue weighted by Gasteiger charge is -2.36. The van der Waals surface area contributed by atoms with Gasteiger partial charge in [0, 0.05) is 32.7 Å². The van der Waals surface area contributed by atoms with Crippen LogP contribution >= 0.6 is 0 Å². The molecule has 0 N–H and O–H groups in total. The number of methoxy groups -OCH3 is 1. The Morgan fingerprint density at radius 3 is 2.53 bits per heavy atom. The molecule has 0 bridgehead atoms.